The Bertz CT molecular complexity index is 563. The predicted molar refractivity (Wildman–Crippen MR) is 73.6 cm³/mol. The molecule has 0 saturated heterocycles. The van der Waals surface area contributed by atoms with Crippen LogP contribution in [0.1, 0.15) is 11.4 Å². The zero-order chi connectivity index (χ0) is 13.3. The molecule has 0 spiro atoms. The normalized spacial score (nSPS) is 11.6. The summed E-state index contributed by atoms with van der Waals surface area (Å²) in [6.07, 6.45) is 0. The van der Waals surface area contributed by atoms with Crippen molar-refractivity contribution in [2.24, 2.45) is 0 Å². The van der Waals surface area contributed by atoms with E-state index in [1.807, 2.05) is 31.2 Å². The minimum atomic E-state index is -1.73. The lowest BCUT2D eigenvalue weighted by atomic mass is 10.1. The van der Waals surface area contributed by atoms with E-state index in [9.17, 15) is 0 Å². The number of hydrogen-bond acceptors (Lipinski definition) is 4. The maximum Gasteiger partial charge on any atom is 0.250 e. The molecule has 0 radical (unpaired) electrons. The van der Waals surface area contributed by atoms with Crippen LogP contribution in [-0.2, 0) is 3.79 Å². The third-order valence-corrected chi connectivity index (χ3v) is 2.72. The largest absolute Gasteiger partial charge is 0.368 e. The first kappa shape index (κ1) is 13.3. The van der Waals surface area contributed by atoms with Gasteiger partial charge in [0.15, 0.2) is 11.6 Å². The molecule has 2 N–H and O–H groups in total. The summed E-state index contributed by atoms with van der Waals surface area (Å²) in [6.45, 7) is 1.98. The van der Waals surface area contributed by atoms with Crippen molar-refractivity contribution >= 4 is 40.8 Å². The molecule has 0 saturated carbocycles. The lowest BCUT2D eigenvalue weighted by molar-refractivity contribution is 0.935. The van der Waals surface area contributed by atoms with E-state index in [2.05, 4.69) is 15.0 Å². The zero-order valence-corrected chi connectivity index (χ0v) is 11.6. The van der Waals surface area contributed by atoms with Gasteiger partial charge in [-0.05, 0) is 6.92 Å². The van der Waals surface area contributed by atoms with Crippen molar-refractivity contribution in [3.63, 3.8) is 0 Å². The summed E-state index contributed by atoms with van der Waals surface area (Å²) < 4.78 is -1.73. The van der Waals surface area contributed by atoms with Gasteiger partial charge in [0.25, 0.3) is 0 Å². The third-order valence-electron chi connectivity index (χ3n) is 2.22. The second-order valence-electron chi connectivity index (χ2n) is 3.70. The minimum Gasteiger partial charge on any atom is -0.368 e. The van der Waals surface area contributed by atoms with Crippen molar-refractivity contribution in [1.29, 1.82) is 0 Å². The van der Waals surface area contributed by atoms with Crippen LogP contribution in [0.15, 0.2) is 24.3 Å². The third kappa shape index (κ3) is 3.02. The van der Waals surface area contributed by atoms with Crippen molar-refractivity contribution in [1.82, 2.24) is 15.0 Å². The molecule has 0 aliphatic carbocycles. The summed E-state index contributed by atoms with van der Waals surface area (Å²) in [7, 11) is 0. The van der Waals surface area contributed by atoms with Gasteiger partial charge >= 0.3 is 0 Å². The van der Waals surface area contributed by atoms with Crippen LogP contribution < -0.4 is 5.73 Å². The quantitative estimate of drug-likeness (QED) is 0.821. The van der Waals surface area contributed by atoms with Gasteiger partial charge in [-0.1, -0.05) is 64.6 Å². The molecule has 0 unspecified atom stereocenters. The van der Waals surface area contributed by atoms with E-state index >= 15 is 0 Å². The lowest BCUT2D eigenvalue weighted by Gasteiger charge is -2.10. The molecule has 7 heteroatoms. The van der Waals surface area contributed by atoms with Gasteiger partial charge in [-0.25, -0.2) is 4.98 Å². The van der Waals surface area contributed by atoms with Gasteiger partial charge in [0.2, 0.25) is 9.74 Å². The minimum absolute atomic E-state index is 0.00979. The average Bonchev–Trinajstić information content (AvgIpc) is 2.28. The zero-order valence-electron chi connectivity index (χ0n) is 9.36. The fourth-order valence-corrected chi connectivity index (χ4v) is 1.60. The number of nitrogen functional groups attached to an aromatic ring is 1. The first-order valence-electron chi connectivity index (χ1n) is 5.02. The van der Waals surface area contributed by atoms with Crippen LogP contribution in [-0.4, -0.2) is 15.0 Å². The molecule has 0 amide bonds. The summed E-state index contributed by atoms with van der Waals surface area (Å²) >= 11 is 17.2. The molecule has 18 heavy (non-hydrogen) atoms. The number of anilines is 1. The number of aromatic nitrogens is 3. The second kappa shape index (κ2) is 4.88. The SMILES string of the molecule is Cc1ccc(-c2nc(N)nc(C(Cl)(Cl)Cl)n2)cc1. The van der Waals surface area contributed by atoms with Gasteiger partial charge < -0.3 is 5.73 Å². The van der Waals surface area contributed by atoms with Crippen LogP contribution in [0, 0.1) is 6.92 Å². The van der Waals surface area contributed by atoms with Gasteiger partial charge in [-0.15, -0.1) is 0 Å². The number of nitrogens with zero attached hydrogens (tertiary/aromatic N) is 3. The highest BCUT2D eigenvalue weighted by atomic mass is 35.6. The summed E-state index contributed by atoms with van der Waals surface area (Å²) in [5.74, 6) is 0.404. The molecule has 0 atom stereocenters. The Kier molecular flexibility index (Phi) is 3.61. The van der Waals surface area contributed by atoms with Gasteiger partial charge in [0.1, 0.15) is 0 Å². The monoisotopic (exact) mass is 302 g/mol. The fraction of sp³-hybridized carbons (Fsp3) is 0.182. The van der Waals surface area contributed by atoms with E-state index < -0.39 is 3.79 Å². The van der Waals surface area contributed by atoms with Crippen LogP contribution in [0.4, 0.5) is 5.95 Å². The molecule has 0 aliphatic rings. The maximum absolute atomic E-state index is 5.74. The summed E-state index contributed by atoms with van der Waals surface area (Å²) in [5, 5.41) is 0. The predicted octanol–water partition coefficient (Wildman–Crippen LogP) is 3.26. The molecular formula is C11H9Cl3N4. The first-order valence-corrected chi connectivity index (χ1v) is 6.15. The molecule has 1 heterocycles. The highest BCUT2D eigenvalue weighted by molar-refractivity contribution is 6.66. The number of hydrogen-bond donors (Lipinski definition) is 1. The van der Waals surface area contributed by atoms with E-state index in [0.717, 1.165) is 11.1 Å². The van der Waals surface area contributed by atoms with Crippen LogP contribution in [0.25, 0.3) is 11.4 Å². The number of alkyl halides is 3. The Balaban J connectivity index is 2.52. The summed E-state index contributed by atoms with van der Waals surface area (Å²) in [5.41, 5.74) is 7.49. The second-order valence-corrected chi connectivity index (χ2v) is 5.99. The lowest BCUT2D eigenvalue weighted by Crippen LogP contribution is -2.12. The van der Waals surface area contributed by atoms with E-state index in [1.165, 1.54) is 0 Å². The number of benzene rings is 1. The van der Waals surface area contributed by atoms with E-state index in [-0.39, 0.29) is 11.8 Å². The van der Waals surface area contributed by atoms with E-state index in [1.54, 1.807) is 0 Å². The van der Waals surface area contributed by atoms with Crippen LogP contribution >= 0.6 is 34.8 Å². The fourth-order valence-electron chi connectivity index (χ4n) is 1.35. The molecule has 1 aromatic heterocycles. The van der Waals surface area contributed by atoms with Crippen molar-refractivity contribution < 1.29 is 0 Å². The first-order chi connectivity index (χ1) is 8.36. The number of aryl methyl sites for hydroxylation is 1. The topological polar surface area (TPSA) is 64.7 Å². The smallest absolute Gasteiger partial charge is 0.250 e. The molecule has 0 bridgehead atoms. The Morgan fingerprint density at radius 3 is 2.17 bits per heavy atom. The standard InChI is InChI=1S/C11H9Cl3N4/c1-6-2-4-7(5-3-6)8-16-9(11(12,13)14)18-10(15)17-8/h2-5H,1H3,(H2,15,16,17,18). The Hall–Kier alpha value is -1.10. The Morgan fingerprint density at radius 2 is 1.61 bits per heavy atom. The van der Waals surface area contributed by atoms with Crippen LogP contribution in [0.3, 0.4) is 0 Å². The molecule has 2 rings (SSSR count). The highest BCUT2D eigenvalue weighted by Crippen LogP contribution is 2.36. The van der Waals surface area contributed by atoms with Gasteiger partial charge in [-0.3, -0.25) is 0 Å². The molecule has 4 nitrogen and oxygen atoms in total. The average molecular weight is 304 g/mol. The number of halogens is 3. The summed E-state index contributed by atoms with van der Waals surface area (Å²) in [6, 6.07) is 7.60. The number of rotatable bonds is 1. The van der Waals surface area contributed by atoms with Crippen LogP contribution in [0.5, 0.6) is 0 Å². The summed E-state index contributed by atoms with van der Waals surface area (Å²) in [4.78, 5) is 11.9. The number of nitrogens with two attached hydrogens (primary N) is 1. The van der Waals surface area contributed by atoms with Gasteiger partial charge in [-0.2, -0.15) is 9.97 Å². The van der Waals surface area contributed by atoms with Gasteiger partial charge in [0, 0.05) is 5.56 Å². The van der Waals surface area contributed by atoms with Crippen molar-refractivity contribution in [2.45, 2.75) is 10.7 Å². The van der Waals surface area contributed by atoms with E-state index in [0.29, 0.717) is 5.82 Å². The molecule has 94 valence electrons. The Labute approximate surface area is 119 Å². The van der Waals surface area contributed by atoms with Crippen LogP contribution in [0.2, 0.25) is 0 Å². The molecule has 2 aromatic rings. The molecule has 0 aliphatic heterocycles. The molecule has 0 fully saturated rings. The maximum atomic E-state index is 5.74. The molecular weight excluding hydrogens is 295 g/mol. The highest BCUT2D eigenvalue weighted by Gasteiger charge is 2.28. The van der Waals surface area contributed by atoms with Crippen molar-refractivity contribution in [3.8, 4) is 11.4 Å². The van der Waals surface area contributed by atoms with Crippen molar-refractivity contribution in [2.75, 3.05) is 5.73 Å². The van der Waals surface area contributed by atoms with Crippen molar-refractivity contribution in [3.05, 3.63) is 35.7 Å². The molecule has 1 aromatic carbocycles. The van der Waals surface area contributed by atoms with E-state index in [4.69, 9.17) is 40.5 Å². The Morgan fingerprint density at radius 1 is 1.00 bits per heavy atom. The van der Waals surface area contributed by atoms with Gasteiger partial charge in [0.05, 0.1) is 0 Å².